The monoisotopic (exact) mass is 300 g/mol. The Hall–Kier alpha value is -2.06. The minimum absolute atomic E-state index is 0.229. The van der Waals surface area contributed by atoms with Gasteiger partial charge in [0.2, 0.25) is 5.82 Å². The second kappa shape index (κ2) is 5.05. The number of halogens is 3. The number of fused-ring (bicyclic) bond motifs is 1. The van der Waals surface area contributed by atoms with Crippen molar-refractivity contribution in [1.29, 1.82) is 0 Å². The van der Waals surface area contributed by atoms with Crippen molar-refractivity contribution in [2.24, 2.45) is 7.05 Å². The van der Waals surface area contributed by atoms with Crippen LogP contribution in [0.5, 0.6) is 0 Å². The zero-order valence-corrected chi connectivity index (χ0v) is 11.5. The lowest BCUT2D eigenvalue weighted by Gasteiger charge is -2.18. The first kappa shape index (κ1) is 13.9. The van der Waals surface area contributed by atoms with Crippen LogP contribution in [0.3, 0.4) is 0 Å². The first-order valence-electron chi connectivity index (χ1n) is 6.71. The van der Waals surface area contributed by atoms with Gasteiger partial charge in [-0.15, -0.1) is 5.10 Å². The summed E-state index contributed by atoms with van der Waals surface area (Å²) in [6.45, 7) is 0.608. The smallest absolute Gasteiger partial charge is 0.363 e. The van der Waals surface area contributed by atoms with Crippen LogP contribution in [0, 0.1) is 0 Å². The van der Waals surface area contributed by atoms with Gasteiger partial charge in [-0.3, -0.25) is 0 Å². The summed E-state index contributed by atoms with van der Waals surface area (Å²) in [4.78, 5) is 3.82. The number of aryl methyl sites for hydroxylation is 1. The van der Waals surface area contributed by atoms with Gasteiger partial charge < -0.3 is 9.88 Å². The SMILES string of the molecule is Cn1nncc1NCc1nc(C(F)(F)F)n2c1CCCC2. The molecule has 0 unspecified atom stereocenters. The van der Waals surface area contributed by atoms with Crippen molar-refractivity contribution in [3.63, 3.8) is 0 Å². The molecule has 0 radical (unpaired) electrons. The standard InChI is InChI=1S/C12H15F3N6/c1-20-10(7-17-19-20)16-6-8-9-4-2-3-5-21(9)11(18-8)12(13,14)15/h7,16H,2-6H2,1H3. The Morgan fingerprint density at radius 3 is 2.81 bits per heavy atom. The third-order valence-corrected chi connectivity index (χ3v) is 3.61. The molecule has 0 fully saturated rings. The van der Waals surface area contributed by atoms with Gasteiger partial charge in [0.15, 0.2) is 0 Å². The molecular formula is C12H15F3N6. The van der Waals surface area contributed by atoms with E-state index in [9.17, 15) is 13.2 Å². The number of anilines is 1. The third kappa shape index (κ3) is 2.59. The van der Waals surface area contributed by atoms with Crippen LogP contribution in [0.1, 0.15) is 30.1 Å². The molecule has 1 aliphatic rings. The zero-order chi connectivity index (χ0) is 15.0. The maximum absolute atomic E-state index is 13.0. The Morgan fingerprint density at radius 2 is 2.14 bits per heavy atom. The molecule has 3 rings (SSSR count). The predicted octanol–water partition coefficient (Wildman–Crippen LogP) is 1.98. The molecule has 0 bridgehead atoms. The van der Waals surface area contributed by atoms with Crippen molar-refractivity contribution in [2.75, 3.05) is 5.32 Å². The lowest BCUT2D eigenvalue weighted by atomic mass is 10.1. The average molecular weight is 300 g/mol. The first-order valence-corrected chi connectivity index (χ1v) is 6.71. The molecular weight excluding hydrogens is 285 g/mol. The fourth-order valence-electron chi connectivity index (χ4n) is 2.60. The second-order valence-corrected chi connectivity index (χ2v) is 5.03. The number of nitrogens with zero attached hydrogens (tertiary/aromatic N) is 5. The topological polar surface area (TPSA) is 60.6 Å². The number of aromatic nitrogens is 5. The number of hydrogen-bond donors (Lipinski definition) is 1. The van der Waals surface area contributed by atoms with Gasteiger partial charge >= 0.3 is 6.18 Å². The Kier molecular flexibility index (Phi) is 3.34. The van der Waals surface area contributed by atoms with Gasteiger partial charge in [-0.2, -0.15) is 13.2 Å². The quantitative estimate of drug-likeness (QED) is 0.941. The zero-order valence-electron chi connectivity index (χ0n) is 11.5. The van der Waals surface area contributed by atoms with E-state index in [1.54, 1.807) is 7.05 Å². The number of rotatable bonds is 3. The fourth-order valence-corrected chi connectivity index (χ4v) is 2.60. The van der Waals surface area contributed by atoms with E-state index >= 15 is 0 Å². The van der Waals surface area contributed by atoms with Crippen molar-refractivity contribution in [1.82, 2.24) is 24.5 Å². The molecule has 0 saturated carbocycles. The first-order chi connectivity index (χ1) is 9.97. The molecule has 3 heterocycles. The van der Waals surface area contributed by atoms with Crippen molar-refractivity contribution in [2.45, 2.75) is 38.5 Å². The maximum Gasteiger partial charge on any atom is 0.449 e. The van der Waals surface area contributed by atoms with Crippen LogP contribution in [0.2, 0.25) is 0 Å². The van der Waals surface area contributed by atoms with Crippen molar-refractivity contribution in [3.05, 3.63) is 23.4 Å². The van der Waals surface area contributed by atoms with Crippen LogP contribution < -0.4 is 5.32 Å². The van der Waals surface area contributed by atoms with Gasteiger partial charge in [0.1, 0.15) is 5.82 Å². The number of hydrogen-bond acceptors (Lipinski definition) is 4. The highest BCUT2D eigenvalue weighted by Gasteiger charge is 2.39. The third-order valence-electron chi connectivity index (χ3n) is 3.61. The van der Waals surface area contributed by atoms with E-state index in [2.05, 4.69) is 20.6 Å². The fraction of sp³-hybridized carbons (Fsp3) is 0.583. The molecule has 1 N–H and O–H groups in total. The Bertz CT molecular complexity index is 642. The predicted molar refractivity (Wildman–Crippen MR) is 68.5 cm³/mol. The number of imidazole rings is 1. The highest BCUT2D eigenvalue weighted by Crippen LogP contribution is 2.33. The van der Waals surface area contributed by atoms with Crippen LogP contribution in [0.15, 0.2) is 6.20 Å². The van der Waals surface area contributed by atoms with E-state index < -0.39 is 12.0 Å². The summed E-state index contributed by atoms with van der Waals surface area (Å²) in [7, 11) is 1.71. The van der Waals surface area contributed by atoms with Gasteiger partial charge in [0, 0.05) is 19.3 Å². The summed E-state index contributed by atoms with van der Waals surface area (Å²) in [5, 5.41) is 10.5. The lowest BCUT2D eigenvalue weighted by Crippen LogP contribution is -2.19. The Balaban J connectivity index is 1.88. The van der Waals surface area contributed by atoms with Crippen molar-refractivity contribution >= 4 is 5.82 Å². The summed E-state index contributed by atoms with van der Waals surface area (Å²) >= 11 is 0. The Morgan fingerprint density at radius 1 is 1.33 bits per heavy atom. The summed E-state index contributed by atoms with van der Waals surface area (Å²) in [5.74, 6) is -0.154. The summed E-state index contributed by atoms with van der Waals surface area (Å²) < 4.78 is 41.9. The van der Waals surface area contributed by atoms with Crippen molar-refractivity contribution in [3.8, 4) is 0 Å². The molecule has 0 aliphatic carbocycles. The minimum atomic E-state index is -4.42. The summed E-state index contributed by atoms with van der Waals surface area (Å²) in [6, 6.07) is 0. The minimum Gasteiger partial charge on any atom is -0.363 e. The molecule has 114 valence electrons. The van der Waals surface area contributed by atoms with Crippen molar-refractivity contribution < 1.29 is 13.2 Å². The molecule has 0 saturated heterocycles. The molecule has 0 amide bonds. The summed E-state index contributed by atoms with van der Waals surface area (Å²) in [5.41, 5.74) is 1.12. The molecule has 6 nitrogen and oxygen atoms in total. The lowest BCUT2D eigenvalue weighted by molar-refractivity contribution is -0.147. The molecule has 9 heteroatoms. The van der Waals surface area contributed by atoms with E-state index in [-0.39, 0.29) is 6.54 Å². The van der Waals surface area contributed by atoms with Crippen LogP contribution in [0.4, 0.5) is 19.0 Å². The summed E-state index contributed by atoms with van der Waals surface area (Å²) in [6.07, 6.45) is -0.621. The molecule has 2 aromatic rings. The van der Waals surface area contributed by atoms with Crippen LogP contribution >= 0.6 is 0 Å². The average Bonchev–Trinajstić information content (AvgIpc) is 3.00. The van der Waals surface area contributed by atoms with Crippen LogP contribution in [0.25, 0.3) is 0 Å². The van der Waals surface area contributed by atoms with Crippen LogP contribution in [-0.2, 0) is 32.7 Å². The van der Waals surface area contributed by atoms with E-state index in [1.165, 1.54) is 15.4 Å². The largest absolute Gasteiger partial charge is 0.449 e. The van der Waals surface area contributed by atoms with E-state index in [4.69, 9.17) is 0 Å². The maximum atomic E-state index is 13.0. The normalized spacial score (nSPS) is 15.0. The number of nitrogens with one attached hydrogen (secondary N) is 1. The van der Waals surface area contributed by atoms with Crippen LogP contribution in [-0.4, -0.2) is 24.5 Å². The van der Waals surface area contributed by atoms with Gasteiger partial charge in [0.25, 0.3) is 0 Å². The van der Waals surface area contributed by atoms with Gasteiger partial charge in [-0.05, 0) is 19.3 Å². The van der Waals surface area contributed by atoms with E-state index in [0.29, 0.717) is 30.2 Å². The highest BCUT2D eigenvalue weighted by molar-refractivity contribution is 5.33. The molecule has 2 aromatic heterocycles. The molecule has 1 aliphatic heterocycles. The highest BCUT2D eigenvalue weighted by atomic mass is 19.4. The molecule has 0 atom stereocenters. The van der Waals surface area contributed by atoms with Gasteiger partial charge in [-0.25, -0.2) is 9.67 Å². The van der Waals surface area contributed by atoms with Gasteiger partial charge in [0.05, 0.1) is 18.4 Å². The number of alkyl halides is 3. The molecule has 0 spiro atoms. The van der Waals surface area contributed by atoms with E-state index in [0.717, 1.165) is 12.8 Å². The molecule has 21 heavy (non-hydrogen) atoms. The van der Waals surface area contributed by atoms with Gasteiger partial charge in [-0.1, -0.05) is 5.21 Å². The second-order valence-electron chi connectivity index (χ2n) is 5.03. The Labute approximate surface area is 119 Å². The van der Waals surface area contributed by atoms with E-state index in [1.807, 2.05) is 0 Å². The molecule has 0 aromatic carbocycles.